The molecule has 0 saturated carbocycles. The molecule has 0 aliphatic carbocycles. The summed E-state index contributed by atoms with van der Waals surface area (Å²) in [5.74, 6) is 0.697. The van der Waals surface area contributed by atoms with Crippen LogP contribution in [0.1, 0.15) is 4.88 Å². The first-order valence-electron chi connectivity index (χ1n) is 6.80. The van der Waals surface area contributed by atoms with Crippen LogP contribution in [0.5, 0.6) is 0 Å². The maximum Gasteiger partial charge on any atom is 0.228 e. The number of fused-ring (bicyclic) bond motifs is 3. The van der Waals surface area contributed by atoms with Gasteiger partial charge < -0.3 is 14.5 Å². The Morgan fingerprint density at radius 3 is 3.11 bits per heavy atom. The number of rotatable bonds is 2. The fraction of sp³-hybridized carbons (Fsp3) is 0.643. The van der Waals surface area contributed by atoms with E-state index in [9.17, 15) is 4.79 Å². The van der Waals surface area contributed by atoms with Crippen LogP contribution in [0.4, 0.5) is 0 Å². The average molecular weight is 280 g/mol. The van der Waals surface area contributed by atoms with E-state index < -0.39 is 0 Å². The molecule has 3 rings (SSSR count). The van der Waals surface area contributed by atoms with E-state index in [4.69, 9.17) is 4.74 Å². The average Bonchev–Trinajstić information content (AvgIpc) is 2.70. The van der Waals surface area contributed by atoms with Crippen molar-refractivity contribution in [3.8, 4) is 0 Å². The summed E-state index contributed by atoms with van der Waals surface area (Å²) in [5.41, 5.74) is 0. The molecule has 0 N–H and O–H groups in total. The highest BCUT2D eigenvalue weighted by Gasteiger charge is 2.34. The quantitative estimate of drug-likeness (QED) is 0.813. The number of hydrogen-bond donors (Lipinski definition) is 0. The molecule has 2 fully saturated rings. The molecule has 1 amide bonds. The minimum Gasteiger partial charge on any atom is -0.379 e. The second-order valence-electron chi connectivity index (χ2n) is 5.58. The second kappa shape index (κ2) is 5.61. The predicted molar refractivity (Wildman–Crippen MR) is 75.3 cm³/mol. The minimum atomic E-state index is 0.213. The topological polar surface area (TPSA) is 32.8 Å². The maximum absolute atomic E-state index is 12.5. The molecule has 1 aromatic heterocycles. The van der Waals surface area contributed by atoms with E-state index in [1.807, 2.05) is 17.5 Å². The van der Waals surface area contributed by atoms with E-state index in [1.165, 1.54) is 0 Å². The van der Waals surface area contributed by atoms with Crippen molar-refractivity contribution in [1.82, 2.24) is 9.80 Å². The van der Waals surface area contributed by atoms with Gasteiger partial charge in [0.1, 0.15) is 0 Å². The predicted octanol–water partition coefficient (Wildman–Crippen LogP) is 1.08. The number of amides is 1. The zero-order valence-electron chi connectivity index (χ0n) is 11.2. The molecule has 19 heavy (non-hydrogen) atoms. The van der Waals surface area contributed by atoms with Crippen LogP contribution < -0.4 is 0 Å². The van der Waals surface area contributed by atoms with E-state index in [0.717, 1.165) is 31.1 Å². The van der Waals surface area contributed by atoms with Gasteiger partial charge in [0.05, 0.1) is 25.7 Å². The number of hydrogen-bond acceptors (Lipinski definition) is 4. The zero-order valence-corrected chi connectivity index (χ0v) is 12.1. The van der Waals surface area contributed by atoms with Crippen LogP contribution in [0.25, 0.3) is 0 Å². The molecule has 0 aromatic carbocycles. The molecule has 5 heteroatoms. The molecule has 3 heterocycles. The summed E-state index contributed by atoms with van der Waals surface area (Å²) in [6, 6.07) is 4.25. The monoisotopic (exact) mass is 280 g/mol. The Hall–Kier alpha value is -0.910. The molecule has 0 unspecified atom stereocenters. The van der Waals surface area contributed by atoms with Crippen molar-refractivity contribution in [2.75, 3.05) is 39.9 Å². The van der Waals surface area contributed by atoms with Crippen LogP contribution in [0.15, 0.2) is 17.5 Å². The van der Waals surface area contributed by atoms with Gasteiger partial charge in [0, 0.05) is 30.4 Å². The van der Waals surface area contributed by atoms with Crippen molar-refractivity contribution in [2.45, 2.75) is 12.5 Å². The molecule has 2 aliphatic rings. The standard InChI is InChI=1S/C14H20N2O2S/c1-15-6-11-7-16(12(8-15)10-18-9-11)14(17)5-13-3-2-4-19-13/h2-4,11-12H,5-10H2,1H3/t11-,12-/m0/s1. The number of likely N-dealkylation sites (N-methyl/N-ethyl adjacent to an activating group) is 1. The third-order valence-electron chi connectivity index (χ3n) is 3.88. The molecule has 2 aliphatic heterocycles. The lowest BCUT2D eigenvalue weighted by molar-refractivity contribution is -0.133. The number of ether oxygens (including phenoxy) is 1. The summed E-state index contributed by atoms with van der Waals surface area (Å²) in [4.78, 5) is 18.1. The maximum atomic E-state index is 12.5. The molecule has 2 atom stereocenters. The lowest BCUT2D eigenvalue weighted by Gasteiger charge is -2.29. The summed E-state index contributed by atoms with van der Waals surface area (Å²) in [7, 11) is 2.14. The summed E-state index contributed by atoms with van der Waals surface area (Å²) >= 11 is 1.66. The fourth-order valence-corrected chi connectivity index (χ4v) is 3.74. The number of thiophene rings is 1. The highest BCUT2D eigenvalue weighted by atomic mass is 32.1. The van der Waals surface area contributed by atoms with Gasteiger partial charge in [-0.25, -0.2) is 0 Å². The van der Waals surface area contributed by atoms with Crippen molar-refractivity contribution in [1.29, 1.82) is 0 Å². The van der Waals surface area contributed by atoms with Crippen molar-refractivity contribution < 1.29 is 9.53 Å². The smallest absolute Gasteiger partial charge is 0.228 e. The molecule has 0 spiro atoms. The molecular formula is C14H20N2O2S. The van der Waals surface area contributed by atoms with Gasteiger partial charge in [-0.15, -0.1) is 11.3 Å². The van der Waals surface area contributed by atoms with E-state index in [1.54, 1.807) is 11.3 Å². The van der Waals surface area contributed by atoms with Gasteiger partial charge in [0.2, 0.25) is 5.91 Å². The third-order valence-corrected chi connectivity index (χ3v) is 4.75. The third kappa shape index (κ3) is 2.99. The van der Waals surface area contributed by atoms with Crippen molar-refractivity contribution in [2.24, 2.45) is 5.92 Å². The zero-order chi connectivity index (χ0) is 13.2. The first-order chi connectivity index (χ1) is 9.22. The Kier molecular flexibility index (Phi) is 3.86. The Morgan fingerprint density at radius 1 is 1.42 bits per heavy atom. The molecule has 1 aromatic rings. The largest absolute Gasteiger partial charge is 0.379 e. The second-order valence-corrected chi connectivity index (χ2v) is 6.61. The fourth-order valence-electron chi connectivity index (χ4n) is 3.05. The minimum absolute atomic E-state index is 0.213. The summed E-state index contributed by atoms with van der Waals surface area (Å²) in [6.07, 6.45) is 0.532. The van der Waals surface area contributed by atoms with Gasteiger partial charge in [0.25, 0.3) is 0 Å². The summed E-state index contributed by atoms with van der Waals surface area (Å²) < 4.78 is 5.71. The molecular weight excluding hydrogens is 260 g/mol. The van der Waals surface area contributed by atoms with Crippen molar-refractivity contribution in [3.05, 3.63) is 22.4 Å². The molecule has 2 saturated heterocycles. The first-order valence-corrected chi connectivity index (χ1v) is 7.68. The van der Waals surface area contributed by atoms with Crippen LogP contribution in [0, 0.1) is 5.92 Å². The number of carbonyl (C=O) groups is 1. The van der Waals surface area contributed by atoms with Crippen LogP contribution in [-0.4, -0.2) is 61.6 Å². The van der Waals surface area contributed by atoms with Crippen LogP contribution in [0.2, 0.25) is 0 Å². The van der Waals surface area contributed by atoms with Crippen LogP contribution in [0.3, 0.4) is 0 Å². The molecule has 0 radical (unpaired) electrons. The Balaban J connectivity index is 1.73. The van der Waals surface area contributed by atoms with Gasteiger partial charge in [-0.1, -0.05) is 6.07 Å². The van der Waals surface area contributed by atoms with E-state index in [2.05, 4.69) is 16.8 Å². The molecule has 2 bridgehead atoms. The summed E-state index contributed by atoms with van der Waals surface area (Å²) in [5, 5.41) is 2.03. The van der Waals surface area contributed by atoms with E-state index >= 15 is 0 Å². The lowest BCUT2D eigenvalue weighted by Crippen LogP contribution is -2.46. The molecule has 4 nitrogen and oxygen atoms in total. The first kappa shape index (κ1) is 13.1. The Bertz CT molecular complexity index is 435. The van der Waals surface area contributed by atoms with Gasteiger partial charge in [-0.3, -0.25) is 4.79 Å². The normalized spacial score (nSPS) is 28.2. The number of carbonyl (C=O) groups excluding carboxylic acids is 1. The van der Waals surface area contributed by atoms with Gasteiger partial charge in [-0.2, -0.15) is 0 Å². The van der Waals surface area contributed by atoms with Gasteiger partial charge in [0.15, 0.2) is 0 Å². The molecule has 104 valence electrons. The summed E-state index contributed by atoms with van der Waals surface area (Å²) in [6.45, 7) is 4.26. The van der Waals surface area contributed by atoms with E-state index in [0.29, 0.717) is 18.9 Å². The highest BCUT2D eigenvalue weighted by molar-refractivity contribution is 7.10. The number of nitrogens with zero attached hydrogens (tertiary/aromatic N) is 2. The lowest BCUT2D eigenvalue weighted by atomic mass is 10.1. The van der Waals surface area contributed by atoms with Gasteiger partial charge in [-0.05, 0) is 18.5 Å². The highest BCUT2D eigenvalue weighted by Crippen LogP contribution is 2.20. The van der Waals surface area contributed by atoms with Gasteiger partial charge >= 0.3 is 0 Å². The Morgan fingerprint density at radius 2 is 2.32 bits per heavy atom. The SMILES string of the molecule is CN1C[C@@H]2COC[C@H](C1)N(C(=O)Cc1cccs1)C2. The van der Waals surface area contributed by atoms with Crippen molar-refractivity contribution in [3.63, 3.8) is 0 Å². The van der Waals surface area contributed by atoms with Crippen LogP contribution >= 0.6 is 11.3 Å². The van der Waals surface area contributed by atoms with E-state index in [-0.39, 0.29) is 11.9 Å². The van der Waals surface area contributed by atoms with Crippen molar-refractivity contribution >= 4 is 17.2 Å². The Labute approximate surface area is 118 Å². The van der Waals surface area contributed by atoms with Crippen LogP contribution in [-0.2, 0) is 16.0 Å².